The van der Waals surface area contributed by atoms with E-state index in [0.717, 1.165) is 17.1 Å². The van der Waals surface area contributed by atoms with E-state index in [9.17, 15) is 0 Å². The summed E-state index contributed by atoms with van der Waals surface area (Å²) in [5.41, 5.74) is 10.7. The van der Waals surface area contributed by atoms with Crippen molar-refractivity contribution in [3.63, 3.8) is 0 Å². The molecule has 0 radical (unpaired) electrons. The number of ether oxygens (including phenoxy) is 1. The van der Waals surface area contributed by atoms with E-state index >= 15 is 0 Å². The van der Waals surface area contributed by atoms with Crippen LogP contribution in [0, 0.1) is 0 Å². The number of aromatic nitrogens is 1. The first kappa shape index (κ1) is 25.2. The fourth-order valence-corrected chi connectivity index (χ4v) is 7.53. The average molecular weight is 586 g/mol. The molecule has 0 atom stereocenters. The van der Waals surface area contributed by atoms with Gasteiger partial charge in [0, 0.05) is 27.4 Å². The molecule has 1 aromatic heterocycles. The SMILES string of the molecule is c1ccc(-n2c3ccccc3c3cc4cccc(-c5ccccc5-c5ccc6c(c5)-c5cccc7cccc(c57)O6)c4cc32)cc1. The first-order valence-corrected chi connectivity index (χ1v) is 15.8. The predicted octanol–water partition coefficient (Wildman–Crippen LogP) is 12.2. The van der Waals surface area contributed by atoms with E-state index in [0.29, 0.717) is 0 Å². The molecule has 0 saturated heterocycles. The summed E-state index contributed by atoms with van der Waals surface area (Å²) in [6.45, 7) is 0. The third-order valence-electron chi connectivity index (χ3n) is 9.57. The lowest BCUT2D eigenvalue weighted by atomic mass is 9.88. The molecule has 9 aromatic rings. The van der Waals surface area contributed by atoms with Crippen molar-refractivity contribution in [2.24, 2.45) is 0 Å². The Hall–Kier alpha value is -6.12. The van der Waals surface area contributed by atoms with Crippen molar-refractivity contribution in [3.8, 4) is 50.6 Å². The Balaban J connectivity index is 1.20. The number of hydrogen-bond acceptors (Lipinski definition) is 1. The summed E-state index contributed by atoms with van der Waals surface area (Å²) in [5.74, 6) is 1.82. The second kappa shape index (κ2) is 9.69. The van der Waals surface area contributed by atoms with Crippen LogP contribution in [0.25, 0.3) is 82.4 Å². The van der Waals surface area contributed by atoms with Crippen LogP contribution in [0.4, 0.5) is 0 Å². The minimum Gasteiger partial charge on any atom is -0.456 e. The maximum absolute atomic E-state index is 6.42. The Labute approximate surface area is 266 Å². The minimum atomic E-state index is 0.897. The topological polar surface area (TPSA) is 14.2 Å². The van der Waals surface area contributed by atoms with Gasteiger partial charge in [-0.15, -0.1) is 0 Å². The van der Waals surface area contributed by atoms with Gasteiger partial charge in [-0.3, -0.25) is 0 Å². The molecule has 214 valence electrons. The highest BCUT2D eigenvalue weighted by atomic mass is 16.5. The third kappa shape index (κ3) is 3.65. The van der Waals surface area contributed by atoms with Gasteiger partial charge in [0.25, 0.3) is 0 Å². The number of benzene rings is 8. The smallest absolute Gasteiger partial charge is 0.135 e. The number of fused-ring (bicyclic) bond motifs is 6. The molecule has 0 unspecified atom stereocenters. The van der Waals surface area contributed by atoms with Crippen molar-refractivity contribution >= 4 is 43.4 Å². The van der Waals surface area contributed by atoms with E-state index < -0.39 is 0 Å². The highest BCUT2D eigenvalue weighted by molar-refractivity contribution is 6.16. The van der Waals surface area contributed by atoms with Crippen LogP contribution in [-0.2, 0) is 0 Å². The normalized spacial score (nSPS) is 12.1. The second-order valence-corrected chi connectivity index (χ2v) is 12.1. The van der Waals surface area contributed by atoms with E-state index in [1.165, 1.54) is 76.9 Å². The first-order chi connectivity index (χ1) is 22.8. The second-order valence-electron chi connectivity index (χ2n) is 12.1. The third-order valence-corrected chi connectivity index (χ3v) is 9.57. The fraction of sp³-hybridized carbons (Fsp3) is 0. The fourth-order valence-electron chi connectivity index (χ4n) is 7.53. The molecular weight excluding hydrogens is 558 g/mol. The molecule has 0 bridgehead atoms. The minimum absolute atomic E-state index is 0.897. The summed E-state index contributed by atoms with van der Waals surface area (Å²) < 4.78 is 8.82. The molecule has 2 nitrogen and oxygen atoms in total. The lowest BCUT2D eigenvalue weighted by Gasteiger charge is -2.22. The van der Waals surface area contributed by atoms with Crippen LogP contribution in [-0.4, -0.2) is 4.57 Å². The highest BCUT2D eigenvalue weighted by Crippen LogP contribution is 2.48. The number of hydrogen-bond donors (Lipinski definition) is 0. The van der Waals surface area contributed by atoms with Crippen molar-refractivity contribution in [3.05, 3.63) is 164 Å². The van der Waals surface area contributed by atoms with Gasteiger partial charge in [-0.25, -0.2) is 0 Å². The molecule has 8 aromatic carbocycles. The number of rotatable bonds is 3. The maximum atomic E-state index is 6.42. The monoisotopic (exact) mass is 585 g/mol. The molecule has 0 aliphatic carbocycles. The van der Waals surface area contributed by atoms with Gasteiger partial charge in [0.15, 0.2) is 0 Å². The van der Waals surface area contributed by atoms with E-state index in [-0.39, 0.29) is 0 Å². The number of nitrogens with zero attached hydrogens (tertiary/aromatic N) is 1. The molecule has 0 spiro atoms. The van der Waals surface area contributed by atoms with Crippen molar-refractivity contribution < 1.29 is 4.74 Å². The van der Waals surface area contributed by atoms with Crippen molar-refractivity contribution in [1.29, 1.82) is 0 Å². The molecule has 0 N–H and O–H groups in total. The zero-order valence-corrected chi connectivity index (χ0v) is 24.9. The Morgan fingerprint density at radius 2 is 1.09 bits per heavy atom. The Morgan fingerprint density at radius 3 is 1.98 bits per heavy atom. The van der Waals surface area contributed by atoms with Crippen molar-refractivity contribution in [2.45, 2.75) is 0 Å². The summed E-state index contributed by atoms with van der Waals surface area (Å²) in [7, 11) is 0. The van der Waals surface area contributed by atoms with Gasteiger partial charge >= 0.3 is 0 Å². The van der Waals surface area contributed by atoms with Crippen LogP contribution in [0.15, 0.2) is 164 Å². The summed E-state index contributed by atoms with van der Waals surface area (Å²) in [4.78, 5) is 0. The summed E-state index contributed by atoms with van der Waals surface area (Å²) in [6.07, 6.45) is 0. The molecule has 0 amide bonds. The Bertz CT molecular complexity index is 2660. The van der Waals surface area contributed by atoms with Crippen LogP contribution < -0.4 is 4.74 Å². The van der Waals surface area contributed by atoms with Crippen LogP contribution in [0.2, 0.25) is 0 Å². The van der Waals surface area contributed by atoms with Crippen molar-refractivity contribution in [2.75, 3.05) is 0 Å². The van der Waals surface area contributed by atoms with Gasteiger partial charge in [-0.2, -0.15) is 0 Å². The Morgan fingerprint density at radius 1 is 0.370 bits per heavy atom. The summed E-state index contributed by atoms with van der Waals surface area (Å²) in [5, 5.41) is 7.38. The molecule has 0 saturated carbocycles. The van der Waals surface area contributed by atoms with E-state index in [2.05, 4.69) is 168 Å². The van der Waals surface area contributed by atoms with Gasteiger partial charge in [-0.1, -0.05) is 115 Å². The average Bonchev–Trinajstić information content (AvgIpc) is 3.44. The Kier molecular flexibility index (Phi) is 5.31. The molecule has 2 heterocycles. The van der Waals surface area contributed by atoms with Crippen LogP contribution in [0.1, 0.15) is 0 Å². The number of para-hydroxylation sites is 2. The summed E-state index contributed by atoms with van der Waals surface area (Å²) in [6, 6.07) is 59.1. The van der Waals surface area contributed by atoms with Gasteiger partial charge in [-0.05, 0) is 92.5 Å². The molecule has 10 rings (SSSR count). The van der Waals surface area contributed by atoms with Gasteiger partial charge in [0.2, 0.25) is 0 Å². The van der Waals surface area contributed by atoms with Crippen LogP contribution >= 0.6 is 0 Å². The largest absolute Gasteiger partial charge is 0.456 e. The van der Waals surface area contributed by atoms with E-state index in [4.69, 9.17) is 4.74 Å². The molecule has 46 heavy (non-hydrogen) atoms. The van der Waals surface area contributed by atoms with Gasteiger partial charge in [0.05, 0.1) is 11.0 Å². The lowest BCUT2D eigenvalue weighted by Crippen LogP contribution is -1.97. The quantitative estimate of drug-likeness (QED) is 0.201. The maximum Gasteiger partial charge on any atom is 0.135 e. The molecular formula is C44H27NO. The van der Waals surface area contributed by atoms with Gasteiger partial charge in [0.1, 0.15) is 11.5 Å². The van der Waals surface area contributed by atoms with E-state index in [1.54, 1.807) is 0 Å². The van der Waals surface area contributed by atoms with Gasteiger partial charge < -0.3 is 9.30 Å². The molecule has 1 aliphatic heterocycles. The van der Waals surface area contributed by atoms with Crippen molar-refractivity contribution in [1.82, 2.24) is 4.57 Å². The zero-order chi connectivity index (χ0) is 30.2. The molecule has 2 heteroatoms. The standard InChI is InChI=1S/C44H27NO/c1-2-14-31(15-3-1)45-40-21-7-6-18-35(40)38-25-29-13-9-19-34(37(29)27-41(38)45)33-17-5-4-16-32(33)30-23-24-42-39(26-30)36-20-8-11-28-12-10-22-43(46-42)44(28)36/h1-27H. The summed E-state index contributed by atoms with van der Waals surface area (Å²) >= 11 is 0. The predicted molar refractivity (Wildman–Crippen MR) is 192 cm³/mol. The van der Waals surface area contributed by atoms with Crippen LogP contribution in [0.5, 0.6) is 11.5 Å². The van der Waals surface area contributed by atoms with E-state index in [1.807, 2.05) is 0 Å². The zero-order valence-electron chi connectivity index (χ0n) is 24.9. The highest BCUT2D eigenvalue weighted by Gasteiger charge is 2.21. The van der Waals surface area contributed by atoms with Crippen LogP contribution in [0.3, 0.4) is 0 Å². The lowest BCUT2D eigenvalue weighted by molar-refractivity contribution is 0.487. The first-order valence-electron chi connectivity index (χ1n) is 15.8. The molecule has 1 aliphatic rings. The molecule has 0 fully saturated rings.